The number of hydrogen-bond acceptors (Lipinski definition) is 8. The summed E-state index contributed by atoms with van der Waals surface area (Å²) in [5.74, 6) is 1.69. The van der Waals surface area contributed by atoms with Gasteiger partial charge in [0.15, 0.2) is 11.5 Å². The van der Waals surface area contributed by atoms with Crippen LogP contribution in [-0.2, 0) is 17.9 Å². The molecule has 1 fully saturated rings. The van der Waals surface area contributed by atoms with Crippen LogP contribution in [0.3, 0.4) is 0 Å². The van der Waals surface area contributed by atoms with Crippen molar-refractivity contribution in [1.29, 1.82) is 5.26 Å². The van der Waals surface area contributed by atoms with Gasteiger partial charge in [0.05, 0.1) is 10.9 Å². The van der Waals surface area contributed by atoms with Crippen molar-refractivity contribution in [1.82, 2.24) is 9.47 Å². The van der Waals surface area contributed by atoms with Crippen LogP contribution < -0.4 is 20.3 Å². The maximum absolute atomic E-state index is 13.6. The molecule has 1 N–H and O–H groups in total. The van der Waals surface area contributed by atoms with Crippen LogP contribution in [0.2, 0.25) is 0 Å². The standard InChI is InChI=1S/C30H28N4O4S2/c1-4-12-33-27(32-16-20-10-11-24-25(13-20)38-17-37-24)22(18(2)23(15-31)28(33)35)14-26-29(36)34(30(39)40-26)19(3)21-8-6-5-7-9-21/h5-11,13-14,19,32H,4,12,16-17H2,1-3H3/b26-14+. The molecule has 2 aliphatic heterocycles. The second kappa shape index (κ2) is 11.6. The number of fused-ring (bicyclic) bond motifs is 1. The summed E-state index contributed by atoms with van der Waals surface area (Å²) >= 11 is 6.85. The van der Waals surface area contributed by atoms with Gasteiger partial charge >= 0.3 is 0 Å². The zero-order chi connectivity index (χ0) is 28.4. The van der Waals surface area contributed by atoms with Crippen LogP contribution in [0.25, 0.3) is 6.08 Å². The molecule has 40 heavy (non-hydrogen) atoms. The minimum absolute atomic E-state index is 0.0569. The highest BCUT2D eigenvalue weighted by atomic mass is 32.2. The van der Waals surface area contributed by atoms with Crippen molar-refractivity contribution in [2.45, 2.75) is 46.3 Å². The largest absolute Gasteiger partial charge is 0.454 e. The summed E-state index contributed by atoms with van der Waals surface area (Å²) in [7, 11) is 0. The highest BCUT2D eigenvalue weighted by molar-refractivity contribution is 8.26. The molecule has 8 nitrogen and oxygen atoms in total. The maximum Gasteiger partial charge on any atom is 0.270 e. The number of thioether (sulfide) groups is 1. The number of pyridine rings is 1. The Labute approximate surface area is 242 Å². The molecule has 0 aliphatic carbocycles. The van der Waals surface area contributed by atoms with Crippen LogP contribution in [0.1, 0.15) is 54.1 Å². The summed E-state index contributed by atoms with van der Waals surface area (Å²) in [6.45, 7) is 6.63. The van der Waals surface area contributed by atoms with Gasteiger partial charge < -0.3 is 14.8 Å². The van der Waals surface area contributed by atoms with Crippen molar-refractivity contribution in [3.05, 3.63) is 91.6 Å². The topological polar surface area (TPSA) is 96.6 Å². The molecular formula is C30H28N4O4S2. The Morgan fingerprint density at radius 3 is 2.65 bits per heavy atom. The van der Waals surface area contributed by atoms with E-state index >= 15 is 0 Å². The first-order valence-corrected chi connectivity index (χ1v) is 14.2. The van der Waals surface area contributed by atoms with Crippen LogP contribution in [-0.4, -0.2) is 26.5 Å². The average Bonchev–Trinajstić information content (AvgIpc) is 3.54. The number of nitrogens with zero attached hydrogens (tertiary/aromatic N) is 3. The van der Waals surface area contributed by atoms with Crippen molar-refractivity contribution >= 4 is 46.1 Å². The first kappa shape index (κ1) is 27.5. The van der Waals surface area contributed by atoms with Crippen molar-refractivity contribution in [3.63, 3.8) is 0 Å². The van der Waals surface area contributed by atoms with Gasteiger partial charge in [0, 0.05) is 18.7 Å². The highest BCUT2D eigenvalue weighted by Gasteiger charge is 2.36. The number of thiocarbonyl (C=S) groups is 1. The summed E-state index contributed by atoms with van der Waals surface area (Å²) < 4.78 is 13.0. The van der Waals surface area contributed by atoms with Gasteiger partial charge in [-0.3, -0.25) is 19.1 Å². The Bertz CT molecular complexity index is 1630. The lowest BCUT2D eigenvalue weighted by Gasteiger charge is -2.23. The normalized spacial score (nSPS) is 15.9. The summed E-state index contributed by atoms with van der Waals surface area (Å²) in [6.07, 6.45) is 2.43. The zero-order valence-corrected chi connectivity index (χ0v) is 24.0. The predicted molar refractivity (Wildman–Crippen MR) is 160 cm³/mol. The fraction of sp³-hybridized carbons (Fsp3) is 0.267. The van der Waals surface area contributed by atoms with Gasteiger partial charge in [0.25, 0.3) is 11.5 Å². The number of ether oxygens (including phenoxy) is 2. The lowest BCUT2D eigenvalue weighted by molar-refractivity contribution is -0.123. The van der Waals surface area contributed by atoms with Crippen LogP contribution in [0.4, 0.5) is 5.82 Å². The maximum atomic E-state index is 13.6. The number of aromatic nitrogens is 1. The Hall–Kier alpha value is -4.07. The second-order valence-electron chi connectivity index (χ2n) is 9.51. The van der Waals surface area contributed by atoms with Gasteiger partial charge in [-0.05, 0) is 55.2 Å². The molecule has 204 valence electrons. The van der Waals surface area contributed by atoms with E-state index in [0.717, 1.165) is 11.1 Å². The van der Waals surface area contributed by atoms with E-state index in [1.165, 1.54) is 11.8 Å². The van der Waals surface area contributed by atoms with Crippen molar-refractivity contribution < 1.29 is 14.3 Å². The number of benzene rings is 2. The van der Waals surface area contributed by atoms with Crippen molar-refractivity contribution in [2.24, 2.45) is 0 Å². The number of rotatable bonds is 8. The first-order chi connectivity index (χ1) is 19.3. The summed E-state index contributed by atoms with van der Waals surface area (Å²) in [5.41, 5.74) is 2.72. The van der Waals surface area contributed by atoms with Crippen LogP contribution >= 0.6 is 24.0 Å². The molecule has 1 aromatic heterocycles. The number of carbonyl (C=O) groups excluding carboxylic acids is 1. The Morgan fingerprint density at radius 2 is 1.93 bits per heavy atom. The third kappa shape index (κ3) is 5.10. The Morgan fingerprint density at radius 1 is 1.18 bits per heavy atom. The third-order valence-corrected chi connectivity index (χ3v) is 8.32. The third-order valence-electron chi connectivity index (χ3n) is 6.99. The number of amides is 1. The van der Waals surface area contributed by atoms with E-state index in [9.17, 15) is 14.9 Å². The number of carbonyl (C=O) groups is 1. The molecule has 0 radical (unpaired) electrons. The fourth-order valence-electron chi connectivity index (χ4n) is 4.85. The van der Waals surface area contributed by atoms with Crippen LogP contribution in [0.5, 0.6) is 11.5 Å². The molecule has 2 aliphatic rings. The highest BCUT2D eigenvalue weighted by Crippen LogP contribution is 2.39. The van der Waals surface area contributed by atoms with Gasteiger partial charge in [-0.25, -0.2) is 0 Å². The van der Waals surface area contributed by atoms with Gasteiger partial charge in [-0.15, -0.1) is 0 Å². The molecule has 3 heterocycles. The molecule has 0 saturated carbocycles. The van der Waals surface area contributed by atoms with Crippen molar-refractivity contribution in [2.75, 3.05) is 12.1 Å². The Kier molecular flexibility index (Phi) is 7.96. The number of nitriles is 1. The number of nitrogens with one attached hydrogen (secondary N) is 1. The van der Waals surface area contributed by atoms with E-state index in [1.807, 2.05) is 62.4 Å². The monoisotopic (exact) mass is 572 g/mol. The Balaban J connectivity index is 1.56. The second-order valence-corrected chi connectivity index (χ2v) is 11.2. The lowest BCUT2D eigenvalue weighted by atomic mass is 10.0. The van der Waals surface area contributed by atoms with E-state index in [2.05, 4.69) is 11.4 Å². The smallest absolute Gasteiger partial charge is 0.270 e. The molecule has 1 unspecified atom stereocenters. The van der Waals surface area contributed by atoms with Gasteiger partial charge in [-0.1, -0.05) is 67.3 Å². The van der Waals surface area contributed by atoms with Gasteiger partial charge in [-0.2, -0.15) is 5.26 Å². The molecule has 1 atom stereocenters. The van der Waals surface area contributed by atoms with E-state index in [1.54, 1.807) is 22.5 Å². The van der Waals surface area contributed by atoms with E-state index in [0.29, 0.717) is 57.2 Å². The summed E-state index contributed by atoms with van der Waals surface area (Å²) in [6, 6.07) is 17.2. The summed E-state index contributed by atoms with van der Waals surface area (Å²) in [5, 5.41) is 13.3. The fourth-order valence-corrected chi connectivity index (χ4v) is 6.25. The molecule has 0 bridgehead atoms. The molecule has 1 amide bonds. The molecule has 5 rings (SSSR count). The SMILES string of the molecule is CCCn1c(NCc2ccc3c(c2)OCO3)c(/C=C2/SC(=S)N(C(C)c3ccccc3)C2=O)c(C)c(C#N)c1=O. The molecule has 2 aromatic carbocycles. The average molecular weight is 573 g/mol. The predicted octanol–water partition coefficient (Wildman–Crippen LogP) is 5.74. The summed E-state index contributed by atoms with van der Waals surface area (Å²) in [4.78, 5) is 29.0. The minimum Gasteiger partial charge on any atom is -0.454 e. The van der Waals surface area contributed by atoms with E-state index in [4.69, 9.17) is 21.7 Å². The molecular weight excluding hydrogens is 544 g/mol. The first-order valence-electron chi connectivity index (χ1n) is 13.0. The quantitative estimate of drug-likeness (QED) is 0.270. The molecule has 3 aromatic rings. The van der Waals surface area contributed by atoms with E-state index < -0.39 is 0 Å². The number of hydrogen-bond donors (Lipinski definition) is 1. The molecule has 10 heteroatoms. The lowest BCUT2D eigenvalue weighted by Crippen LogP contribution is -2.31. The van der Waals surface area contributed by atoms with Crippen LogP contribution in [0, 0.1) is 18.3 Å². The van der Waals surface area contributed by atoms with Gasteiger partial charge in [0.1, 0.15) is 21.8 Å². The van der Waals surface area contributed by atoms with Crippen LogP contribution in [0.15, 0.2) is 58.2 Å². The van der Waals surface area contributed by atoms with Gasteiger partial charge in [0.2, 0.25) is 6.79 Å². The van der Waals surface area contributed by atoms with E-state index in [-0.39, 0.29) is 29.9 Å². The number of anilines is 1. The van der Waals surface area contributed by atoms with Crippen molar-refractivity contribution in [3.8, 4) is 17.6 Å². The molecule has 0 spiro atoms. The minimum atomic E-state index is -0.363. The zero-order valence-electron chi connectivity index (χ0n) is 22.4. The molecule has 1 saturated heterocycles.